The fourth-order valence-electron chi connectivity index (χ4n) is 2.18. The van der Waals surface area contributed by atoms with E-state index < -0.39 is 0 Å². The minimum absolute atomic E-state index is 0.512. The number of aryl methyl sites for hydroxylation is 1. The molecule has 0 amide bonds. The van der Waals surface area contributed by atoms with E-state index in [1.54, 1.807) is 0 Å². The fourth-order valence-corrected chi connectivity index (χ4v) is 2.18. The zero-order chi connectivity index (χ0) is 15.1. The van der Waals surface area contributed by atoms with Crippen molar-refractivity contribution in [2.45, 2.75) is 32.6 Å². The number of hydrogen-bond donors (Lipinski definition) is 3. The van der Waals surface area contributed by atoms with E-state index in [4.69, 9.17) is 5.84 Å². The van der Waals surface area contributed by atoms with E-state index in [2.05, 4.69) is 51.9 Å². The van der Waals surface area contributed by atoms with Gasteiger partial charge >= 0.3 is 0 Å². The molecule has 21 heavy (non-hydrogen) atoms. The Balaban J connectivity index is 1.91. The van der Waals surface area contributed by atoms with E-state index >= 15 is 0 Å². The van der Waals surface area contributed by atoms with E-state index in [9.17, 15) is 0 Å². The van der Waals surface area contributed by atoms with Gasteiger partial charge in [-0.05, 0) is 17.9 Å². The number of benzene rings is 1. The van der Waals surface area contributed by atoms with Crippen molar-refractivity contribution in [1.29, 1.82) is 0 Å². The Kier molecular flexibility index (Phi) is 5.51. The van der Waals surface area contributed by atoms with Gasteiger partial charge in [0, 0.05) is 19.0 Å². The van der Waals surface area contributed by atoms with Gasteiger partial charge in [0.05, 0.1) is 0 Å². The van der Waals surface area contributed by atoms with Crippen molar-refractivity contribution in [1.82, 2.24) is 9.97 Å². The highest BCUT2D eigenvalue weighted by Crippen LogP contribution is 2.18. The van der Waals surface area contributed by atoms with Gasteiger partial charge in [0.1, 0.15) is 17.5 Å². The standard InChI is InChI=1S/C16H23N5/c1-3-14-19-15(11-16(20-14)21-17)18-10-9-12(2)13-7-5-4-6-8-13/h4-8,11-12H,3,9-10,17H2,1-2H3,(H2,18,19,20,21). The molecule has 0 fully saturated rings. The third-order valence-corrected chi connectivity index (χ3v) is 3.49. The number of nitrogens with one attached hydrogen (secondary N) is 2. The van der Waals surface area contributed by atoms with Crippen LogP contribution in [0, 0.1) is 0 Å². The highest BCUT2D eigenvalue weighted by Gasteiger charge is 2.06. The average Bonchev–Trinajstić information content (AvgIpc) is 2.55. The highest BCUT2D eigenvalue weighted by molar-refractivity contribution is 5.46. The molecule has 0 bridgehead atoms. The lowest BCUT2D eigenvalue weighted by Crippen LogP contribution is -2.13. The lowest BCUT2D eigenvalue weighted by atomic mass is 9.98. The van der Waals surface area contributed by atoms with Crippen LogP contribution in [0.25, 0.3) is 0 Å². The second-order valence-electron chi connectivity index (χ2n) is 5.08. The van der Waals surface area contributed by atoms with Crippen LogP contribution < -0.4 is 16.6 Å². The molecule has 0 saturated carbocycles. The first kappa shape index (κ1) is 15.3. The molecule has 1 aromatic carbocycles. The summed E-state index contributed by atoms with van der Waals surface area (Å²) in [5.74, 6) is 8.18. The number of nitrogens with two attached hydrogens (primary N) is 1. The smallest absolute Gasteiger partial charge is 0.145 e. The Labute approximate surface area is 126 Å². The maximum Gasteiger partial charge on any atom is 0.145 e. The van der Waals surface area contributed by atoms with Gasteiger partial charge in [-0.3, -0.25) is 0 Å². The van der Waals surface area contributed by atoms with E-state index in [0.29, 0.717) is 11.7 Å². The minimum atomic E-state index is 0.512. The van der Waals surface area contributed by atoms with Crippen molar-refractivity contribution in [3.05, 3.63) is 47.8 Å². The van der Waals surface area contributed by atoms with Gasteiger partial charge in [0.25, 0.3) is 0 Å². The molecule has 0 saturated heterocycles. The molecule has 0 spiro atoms. The molecule has 2 aromatic rings. The predicted octanol–water partition coefficient (Wildman–Crippen LogP) is 2.93. The molecule has 1 unspecified atom stereocenters. The van der Waals surface area contributed by atoms with E-state index in [-0.39, 0.29) is 0 Å². The van der Waals surface area contributed by atoms with Gasteiger partial charge in [-0.15, -0.1) is 0 Å². The number of nitrogen functional groups attached to an aromatic ring is 1. The van der Waals surface area contributed by atoms with Gasteiger partial charge in [0.2, 0.25) is 0 Å². The van der Waals surface area contributed by atoms with Crippen molar-refractivity contribution < 1.29 is 0 Å². The molecule has 1 aromatic heterocycles. The molecule has 1 heterocycles. The first-order valence-electron chi connectivity index (χ1n) is 7.36. The van der Waals surface area contributed by atoms with Crippen molar-refractivity contribution >= 4 is 11.6 Å². The van der Waals surface area contributed by atoms with Crippen LogP contribution >= 0.6 is 0 Å². The van der Waals surface area contributed by atoms with Gasteiger partial charge in [0.15, 0.2) is 0 Å². The van der Waals surface area contributed by atoms with Crippen LogP contribution in [-0.4, -0.2) is 16.5 Å². The predicted molar refractivity (Wildman–Crippen MR) is 87.2 cm³/mol. The molecule has 5 heteroatoms. The summed E-state index contributed by atoms with van der Waals surface area (Å²) >= 11 is 0. The second-order valence-corrected chi connectivity index (χ2v) is 5.08. The quantitative estimate of drug-likeness (QED) is 0.538. The third-order valence-electron chi connectivity index (χ3n) is 3.49. The molecule has 0 aliphatic rings. The Morgan fingerprint density at radius 2 is 1.86 bits per heavy atom. The Morgan fingerprint density at radius 3 is 2.52 bits per heavy atom. The van der Waals surface area contributed by atoms with E-state index in [1.165, 1.54) is 5.56 Å². The molecule has 2 rings (SSSR count). The second kappa shape index (κ2) is 7.59. The maximum absolute atomic E-state index is 5.43. The first-order valence-corrected chi connectivity index (χ1v) is 7.36. The average molecular weight is 285 g/mol. The number of hydrazine groups is 1. The molecule has 1 atom stereocenters. The zero-order valence-corrected chi connectivity index (χ0v) is 12.6. The number of nitrogens with zero attached hydrogens (tertiary/aromatic N) is 2. The van der Waals surface area contributed by atoms with Crippen LogP contribution in [0.4, 0.5) is 11.6 Å². The molecule has 112 valence electrons. The van der Waals surface area contributed by atoms with Crippen molar-refractivity contribution in [3.63, 3.8) is 0 Å². The molecular weight excluding hydrogens is 262 g/mol. The summed E-state index contributed by atoms with van der Waals surface area (Å²) in [6, 6.07) is 12.4. The molecule has 5 nitrogen and oxygen atoms in total. The lowest BCUT2D eigenvalue weighted by Gasteiger charge is -2.13. The summed E-state index contributed by atoms with van der Waals surface area (Å²) in [6.45, 7) is 5.12. The number of aromatic nitrogens is 2. The summed E-state index contributed by atoms with van der Waals surface area (Å²) in [4.78, 5) is 8.73. The molecule has 0 aliphatic carbocycles. The van der Waals surface area contributed by atoms with Crippen LogP contribution in [-0.2, 0) is 6.42 Å². The zero-order valence-electron chi connectivity index (χ0n) is 12.6. The molecular formula is C16H23N5. The largest absolute Gasteiger partial charge is 0.370 e. The molecule has 0 radical (unpaired) electrons. The Bertz CT molecular complexity index is 534. The highest BCUT2D eigenvalue weighted by atomic mass is 15.3. The first-order chi connectivity index (χ1) is 10.2. The van der Waals surface area contributed by atoms with Gasteiger partial charge in [-0.25, -0.2) is 15.8 Å². The number of hydrogen-bond acceptors (Lipinski definition) is 5. The van der Waals surface area contributed by atoms with Crippen LogP contribution in [0.15, 0.2) is 36.4 Å². The van der Waals surface area contributed by atoms with Gasteiger partial charge < -0.3 is 10.7 Å². The number of rotatable bonds is 7. The van der Waals surface area contributed by atoms with Gasteiger partial charge in [-0.2, -0.15) is 0 Å². The van der Waals surface area contributed by atoms with Crippen LogP contribution in [0.5, 0.6) is 0 Å². The minimum Gasteiger partial charge on any atom is -0.370 e. The third kappa shape index (κ3) is 4.43. The Hall–Kier alpha value is -2.14. The van der Waals surface area contributed by atoms with Crippen molar-refractivity contribution in [2.24, 2.45) is 5.84 Å². The van der Waals surface area contributed by atoms with Crippen molar-refractivity contribution in [2.75, 3.05) is 17.3 Å². The number of anilines is 2. The summed E-state index contributed by atoms with van der Waals surface area (Å²) < 4.78 is 0. The van der Waals surface area contributed by atoms with Crippen LogP contribution in [0.3, 0.4) is 0 Å². The molecule has 4 N–H and O–H groups in total. The summed E-state index contributed by atoms with van der Waals surface area (Å²) in [6.07, 6.45) is 1.82. The van der Waals surface area contributed by atoms with Crippen LogP contribution in [0.2, 0.25) is 0 Å². The lowest BCUT2D eigenvalue weighted by molar-refractivity contribution is 0.704. The normalized spacial score (nSPS) is 12.0. The van der Waals surface area contributed by atoms with Crippen LogP contribution in [0.1, 0.15) is 37.6 Å². The van der Waals surface area contributed by atoms with Crippen molar-refractivity contribution in [3.8, 4) is 0 Å². The monoisotopic (exact) mass is 285 g/mol. The summed E-state index contributed by atoms with van der Waals surface area (Å²) in [7, 11) is 0. The van der Waals surface area contributed by atoms with Gasteiger partial charge in [-0.1, -0.05) is 44.2 Å². The maximum atomic E-state index is 5.43. The van der Waals surface area contributed by atoms with E-state index in [0.717, 1.165) is 31.0 Å². The van der Waals surface area contributed by atoms with E-state index in [1.807, 2.05) is 19.1 Å². The molecule has 0 aliphatic heterocycles. The summed E-state index contributed by atoms with van der Waals surface area (Å²) in [5, 5.41) is 3.35. The SMILES string of the molecule is CCc1nc(NN)cc(NCCC(C)c2ccccc2)n1. The summed E-state index contributed by atoms with van der Waals surface area (Å²) in [5.41, 5.74) is 3.94. The fraction of sp³-hybridized carbons (Fsp3) is 0.375. The Morgan fingerprint density at radius 1 is 1.14 bits per heavy atom. The topological polar surface area (TPSA) is 75.9 Å².